The molecule has 86 valence electrons. The Morgan fingerprint density at radius 1 is 1.50 bits per heavy atom. The van der Waals surface area contributed by atoms with E-state index in [2.05, 4.69) is 11.4 Å². The number of nitrogens with zero attached hydrogens (tertiary/aromatic N) is 1. The van der Waals surface area contributed by atoms with Gasteiger partial charge >= 0.3 is 0 Å². The van der Waals surface area contributed by atoms with Gasteiger partial charge in [0.1, 0.15) is 15.9 Å². The fourth-order valence-corrected chi connectivity index (χ4v) is 3.96. The van der Waals surface area contributed by atoms with E-state index in [0.29, 0.717) is 16.6 Å². The van der Waals surface area contributed by atoms with Crippen molar-refractivity contribution in [1.29, 1.82) is 5.26 Å². The number of rotatable bonds is 3. The highest BCUT2D eigenvalue weighted by atomic mass is 32.2. The molecular formula is C11H15N3S2. The molecule has 0 atom stereocenters. The average molecular weight is 253 g/mol. The summed E-state index contributed by atoms with van der Waals surface area (Å²) >= 11 is 3.09. The Bertz CT molecular complexity index is 414. The van der Waals surface area contributed by atoms with Gasteiger partial charge in [0.2, 0.25) is 0 Å². The normalized spacial score (nSPS) is 16.2. The molecule has 1 aliphatic rings. The van der Waals surface area contributed by atoms with Gasteiger partial charge < -0.3 is 11.1 Å². The van der Waals surface area contributed by atoms with Crippen LogP contribution in [-0.2, 0) is 0 Å². The molecule has 0 radical (unpaired) electrons. The van der Waals surface area contributed by atoms with Crippen molar-refractivity contribution < 1.29 is 0 Å². The first kappa shape index (κ1) is 11.6. The number of anilines is 2. The largest absolute Gasteiger partial charge is 0.396 e. The molecule has 1 fully saturated rings. The van der Waals surface area contributed by atoms with Crippen LogP contribution in [0.25, 0.3) is 0 Å². The van der Waals surface area contributed by atoms with E-state index in [4.69, 9.17) is 11.0 Å². The Balaban J connectivity index is 2.22. The number of nitrogens with one attached hydrogen (secondary N) is 1. The zero-order chi connectivity index (χ0) is 11.5. The third kappa shape index (κ3) is 2.13. The first-order valence-corrected chi connectivity index (χ1v) is 7.43. The van der Waals surface area contributed by atoms with Crippen molar-refractivity contribution in [3.8, 4) is 6.07 Å². The molecule has 2 rings (SSSR count). The number of nitrogen functional groups attached to an aromatic ring is 1. The number of thiophene rings is 1. The zero-order valence-electron chi connectivity index (χ0n) is 9.25. The molecule has 16 heavy (non-hydrogen) atoms. The number of nitriles is 1. The minimum Gasteiger partial charge on any atom is -0.396 e. The first-order valence-electron chi connectivity index (χ1n) is 5.39. The highest BCUT2D eigenvalue weighted by molar-refractivity contribution is 7.99. The van der Waals surface area contributed by atoms with Crippen LogP contribution in [0.1, 0.15) is 30.6 Å². The maximum Gasteiger partial charge on any atom is 0.131 e. The first-order chi connectivity index (χ1) is 7.76. The summed E-state index contributed by atoms with van der Waals surface area (Å²) in [6.07, 6.45) is 7.07. The number of nitrogens with two attached hydrogens (primary N) is 1. The highest BCUT2D eigenvalue weighted by Gasteiger charge is 2.20. The molecule has 1 saturated carbocycles. The van der Waals surface area contributed by atoms with Gasteiger partial charge in [0.15, 0.2) is 0 Å². The Kier molecular flexibility index (Phi) is 3.62. The average Bonchev–Trinajstić information content (AvgIpc) is 2.87. The summed E-state index contributed by atoms with van der Waals surface area (Å²) in [6, 6.07) is 2.72. The summed E-state index contributed by atoms with van der Waals surface area (Å²) in [5.74, 6) is 0. The Labute approximate surface area is 104 Å². The molecule has 1 aliphatic carbocycles. The lowest BCUT2D eigenvalue weighted by atomic mass is 10.2. The predicted molar refractivity (Wildman–Crippen MR) is 71.1 cm³/mol. The van der Waals surface area contributed by atoms with Crippen LogP contribution in [0.2, 0.25) is 0 Å². The van der Waals surface area contributed by atoms with Gasteiger partial charge in [-0.05, 0) is 19.1 Å². The smallest absolute Gasteiger partial charge is 0.131 e. The molecular weight excluding hydrogens is 238 g/mol. The standard InChI is InChI=1S/C11H15N3S2/c1-15-10-9(13)8(6-12)16-11(10)14-7-4-2-3-5-7/h7,14H,2-5,13H2,1H3. The molecule has 0 spiro atoms. The SMILES string of the molecule is CSc1c(NC2CCCC2)sc(C#N)c1N. The van der Waals surface area contributed by atoms with Gasteiger partial charge in [-0.1, -0.05) is 12.8 Å². The van der Waals surface area contributed by atoms with E-state index in [9.17, 15) is 0 Å². The molecule has 3 nitrogen and oxygen atoms in total. The van der Waals surface area contributed by atoms with Crippen molar-refractivity contribution in [2.75, 3.05) is 17.3 Å². The van der Waals surface area contributed by atoms with Gasteiger partial charge in [0.25, 0.3) is 0 Å². The van der Waals surface area contributed by atoms with Crippen LogP contribution in [0.5, 0.6) is 0 Å². The zero-order valence-corrected chi connectivity index (χ0v) is 10.9. The van der Waals surface area contributed by atoms with E-state index in [1.54, 1.807) is 11.8 Å². The van der Waals surface area contributed by atoms with Crippen molar-refractivity contribution in [3.63, 3.8) is 0 Å². The molecule has 5 heteroatoms. The summed E-state index contributed by atoms with van der Waals surface area (Å²) in [6.45, 7) is 0. The Hall–Kier alpha value is -0.860. The Morgan fingerprint density at radius 2 is 2.19 bits per heavy atom. The monoisotopic (exact) mass is 253 g/mol. The van der Waals surface area contributed by atoms with Crippen LogP contribution in [0.15, 0.2) is 4.90 Å². The van der Waals surface area contributed by atoms with Crippen molar-refractivity contribution >= 4 is 33.8 Å². The van der Waals surface area contributed by atoms with E-state index in [1.807, 2.05) is 6.26 Å². The summed E-state index contributed by atoms with van der Waals surface area (Å²) in [4.78, 5) is 1.67. The number of hydrogen-bond acceptors (Lipinski definition) is 5. The summed E-state index contributed by atoms with van der Waals surface area (Å²) in [5, 5.41) is 13.6. The van der Waals surface area contributed by atoms with E-state index in [0.717, 1.165) is 9.90 Å². The topological polar surface area (TPSA) is 61.8 Å². The van der Waals surface area contributed by atoms with Crippen LogP contribution >= 0.6 is 23.1 Å². The summed E-state index contributed by atoms with van der Waals surface area (Å²) < 4.78 is 0. The molecule has 3 N–H and O–H groups in total. The predicted octanol–water partition coefficient (Wildman–Crippen LogP) is 3.28. The second kappa shape index (κ2) is 4.98. The number of thioether (sulfide) groups is 1. The van der Waals surface area contributed by atoms with Crippen LogP contribution < -0.4 is 11.1 Å². The van der Waals surface area contributed by atoms with Crippen LogP contribution in [0.3, 0.4) is 0 Å². The van der Waals surface area contributed by atoms with Crippen molar-refractivity contribution in [3.05, 3.63) is 4.88 Å². The molecule has 1 aromatic rings. The van der Waals surface area contributed by atoms with Gasteiger partial charge in [0.05, 0.1) is 10.6 Å². The third-order valence-electron chi connectivity index (χ3n) is 2.90. The maximum absolute atomic E-state index is 8.96. The van der Waals surface area contributed by atoms with Gasteiger partial charge in [-0.15, -0.1) is 23.1 Å². The second-order valence-electron chi connectivity index (χ2n) is 3.94. The lowest BCUT2D eigenvalue weighted by molar-refractivity contribution is 0.756. The van der Waals surface area contributed by atoms with E-state index >= 15 is 0 Å². The van der Waals surface area contributed by atoms with Gasteiger partial charge in [-0.25, -0.2) is 0 Å². The molecule has 0 saturated heterocycles. The number of hydrogen-bond donors (Lipinski definition) is 2. The Morgan fingerprint density at radius 3 is 2.75 bits per heavy atom. The van der Waals surface area contributed by atoms with E-state index < -0.39 is 0 Å². The fourth-order valence-electron chi connectivity index (χ4n) is 2.07. The van der Waals surface area contributed by atoms with Crippen molar-refractivity contribution in [2.24, 2.45) is 0 Å². The summed E-state index contributed by atoms with van der Waals surface area (Å²) in [5.41, 5.74) is 6.57. The second-order valence-corrected chi connectivity index (χ2v) is 5.78. The van der Waals surface area contributed by atoms with Crippen LogP contribution in [-0.4, -0.2) is 12.3 Å². The molecule has 0 amide bonds. The van der Waals surface area contributed by atoms with Gasteiger partial charge in [-0.2, -0.15) is 5.26 Å². The summed E-state index contributed by atoms with van der Waals surface area (Å²) in [7, 11) is 0. The molecule has 0 aromatic carbocycles. The molecule has 0 aliphatic heterocycles. The van der Waals surface area contributed by atoms with Crippen LogP contribution in [0.4, 0.5) is 10.7 Å². The molecule has 1 aromatic heterocycles. The lowest BCUT2D eigenvalue weighted by Crippen LogP contribution is -2.13. The minimum absolute atomic E-state index is 0.565. The van der Waals surface area contributed by atoms with E-state index in [1.165, 1.54) is 37.0 Å². The molecule has 0 bridgehead atoms. The van der Waals surface area contributed by atoms with E-state index in [-0.39, 0.29) is 0 Å². The molecule has 0 unspecified atom stereocenters. The van der Waals surface area contributed by atoms with Gasteiger partial charge in [0, 0.05) is 6.04 Å². The molecule has 1 heterocycles. The quantitative estimate of drug-likeness (QED) is 0.812. The van der Waals surface area contributed by atoms with Crippen LogP contribution in [0, 0.1) is 11.3 Å². The minimum atomic E-state index is 0.565. The van der Waals surface area contributed by atoms with Gasteiger partial charge in [-0.3, -0.25) is 0 Å². The highest BCUT2D eigenvalue weighted by Crippen LogP contribution is 2.42. The maximum atomic E-state index is 8.96. The lowest BCUT2D eigenvalue weighted by Gasteiger charge is -2.12. The fraction of sp³-hybridized carbons (Fsp3) is 0.545. The van der Waals surface area contributed by atoms with Crippen molar-refractivity contribution in [1.82, 2.24) is 0 Å². The third-order valence-corrected chi connectivity index (χ3v) is 4.90. The van der Waals surface area contributed by atoms with Crippen molar-refractivity contribution in [2.45, 2.75) is 36.6 Å².